The molecule has 0 fully saturated rings. The lowest BCUT2D eigenvalue weighted by atomic mass is 10.2. The Bertz CT molecular complexity index is 108. The maximum atomic E-state index is 10.9. The first kappa shape index (κ1) is 10.5. The minimum absolute atomic E-state index is 0.111. The zero-order chi connectivity index (χ0) is 8.69. The molecule has 0 amide bonds. The van der Waals surface area contributed by atoms with Crippen molar-refractivity contribution in [2.75, 3.05) is 6.61 Å². The molecule has 0 aliphatic rings. The molecule has 65 valence electrons. The van der Waals surface area contributed by atoms with E-state index in [2.05, 4.69) is 0 Å². The third-order valence-corrected chi connectivity index (χ3v) is 1.18. The summed E-state index contributed by atoms with van der Waals surface area (Å²) >= 11 is 0. The smallest absolute Gasteiger partial charge is 0.306 e. The number of rotatable bonds is 5. The third kappa shape index (κ3) is 7.37. The van der Waals surface area contributed by atoms with Gasteiger partial charge in [0, 0.05) is 6.42 Å². The summed E-state index contributed by atoms with van der Waals surface area (Å²) in [4.78, 5) is 10.9. The van der Waals surface area contributed by atoms with Gasteiger partial charge in [-0.2, -0.15) is 0 Å². The van der Waals surface area contributed by atoms with Crippen LogP contribution in [0.4, 0.5) is 0 Å². The van der Waals surface area contributed by atoms with Crippen LogP contribution in [-0.2, 0) is 9.53 Å². The van der Waals surface area contributed by atoms with Gasteiger partial charge in [-0.05, 0) is 12.3 Å². The van der Waals surface area contributed by atoms with Crippen molar-refractivity contribution in [1.29, 1.82) is 0 Å². The summed E-state index contributed by atoms with van der Waals surface area (Å²) in [5.74, 6) is 0.320. The van der Waals surface area contributed by atoms with Gasteiger partial charge >= 0.3 is 5.97 Å². The second kappa shape index (κ2) is 6.20. The topological polar surface area (TPSA) is 26.3 Å². The first-order valence-corrected chi connectivity index (χ1v) is 4.14. The molecule has 0 atom stereocenters. The van der Waals surface area contributed by atoms with E-state index in [1.807, 2.05) is 27.2 Å². The van der Waals surface area contributed by atoms with Crippen molar-refractivity contribution >= 4 is 5.97 Å². The highest BCUT2D eigenvalue weighted by Gasteiger charge is 2.02. The summed E-state index contributed by atoms with van der Waals surface area (Å²) in [6.45, 7) is 6.60. The SMILES string of the molecule is CC[CH]CC(=O)OCC(C)C. The summed E-state index contributed by atoms with van der Waals surface area (Å²) < 4.78 is 4.94. The number of hydrogen-bond donors (Lipinski definition) is 0. The van der Waals surface area contributed by atoms with Crippen molar-refractivity contribution in [2.45, 2.75) is 33.6 Å². The Balaban J connectivity index is 3.23. The van der Waals surface area contributed by atoms with Crippen LogP contribution in [-0.4, -0.2) is 12.6 Å². The minimum Gasteiger partial charge on any atom is -0.465 e. The Morgan fingerprint density at radius 1 is 1.55 bits per heavy atom. The van der Waals surface area contributed by atoms with Crippen LogP contribution < -0.4 is 0 Å². The van der Waals surface area contributed by atoms with Crippen molar-refractivity contribution < 1.29 is 9.53 Å². The molecule has 0 saturated heterocycles. The molecule has 0 N–H and O–H groups in total. The first-order valence-electron chi connectivity index (χ1n) is 4.14. The number of unbranched alkanes of at least 4 members (excludes halogenated alkanes) is 1. The van der Waals surface area contributed by atoms with Crippen LogP contribution in [0.2, 0.25) is 0 Å². The summed E-state index contributed by atoms with van der Waals surface area (Å²) in [6, 6.07) is 0. The molecule has 2 heteroatoms. The van der Waals surface area contributed by atoms with E-state index in [1.165, 1.54) is 0 Å². The Labute approximate surface area is 68.9 Å². The van der Waals surface area contributed by atoms with Gasteiger partial charge in [0.1, 0.15) is 0 Å². The zero-order valence-corrected chi connectivity index (χ0v) is 7.59. The summed E-state index contributed by atoms with van der Waals surface area (Å²) in [5.41, 5.74) is 0. The van der Waals surface area contributed by atoms with Crippen LogP contribution >= 0.6 is 0 Å². The lowest BCUT2D eigenvalue weighted by Crippen LogP contribution is -2.09. The molecule has 0 unspecified atom stereocenters. The summed E-state index contributed by atoms with van der Waals surface area (Å²) in [5, 5.41) is 0. The molecule has 0 rings (SSSR count). The Hall–Kier alpha value is -0.530. The van der Waals surface area contributed by atoms with Crippen LogP contribution in [0.15, 0.2) is 0 Å². The number of esters is 1. The van der Waals surface area contributed by atoms with Gasteiger partial charge in [0.15, 0.2) is 0 Å². The van der Waals surface area contributed by atoms with Gasteiger partial charge in [0.25, 0.3) is 0 Å². The maximum Gasteiger partial charge on any atom is 0.306 e. The zero-order valence-electron chi connectivity index (χ0n) is 7.59. The van der Waals surface area contributed by atoms with Crippen molar-refractivity contribution in [2.24, 2.45) is 5.92 Å². The van der Waals surface area contributed by atoms with E-state index < -0.39 is 0 Å². The van der Waals surface area contributed by atoms with Gasteiger partial charge in [-0.15, -0.1) is 0 Å². The highest BCUT2D eigenvalue weighted by molar-refractivity contribution is 5.70. The predicted octanol–water partition coefficient (Wildman–Crippen LogP) is 2.19. The largest absolute Gasteiger partial charge is 0.465 e. The molecule has 0 aliphatic carbocycles. The normalized spacial score (nSPS) is 10.2. The average Bonchev–Trinajstić information content (AvgIpc) is 1.97. The first-order chi connectivity index (χ1) is 5.16. The van der Waals surface area contributed by atoms with Crippen LogP contribution in [0, 0.1) is 12.3 Å². The molecule has 0 bridgehead atoms. The lowest BCUT2D eigenvalue weighted by molar-refractivity contribution is -0.144. The number of carbonyl (C=O) groups excluding carboxylic acids is 1. The molecule has 0 aromatic heterocycles. The number of ether oxygens (including phenoxy) is 1. The quantitative estimate of drug-likeness (QED) is 0.572. The van der Waals surface area contributed by atoms with E-state index >= 15 is 0 Å². The van der Waals surface area contributed by atoms with Crippen LogP contribution in [0.1, 0.15) is 33.6 Å². The highest BCUT2D eigenvalue weighted by atomic mass is 16.5. The van der Waals surface area contributed by atoms with Gasteiger partial charge in [-0.25, -0.2) is 0 Å². The summed E-state index contributed by atoms with van der Waals surface area (Å²) in [6.07, 6.45) is 3.29. The maximum absolute atomic E-state index is 10.9. The monoisotopic (exact) mass is 157 g/mol. The van der Waals surface area contributed by atoms with Crippen molar-refractivity contribution in [3.8, 4) is 0 Å². The molecule has 11 heavy (non-hydrogen) atoms. The fraction of sp³-hybridized carbons (Fsp3) is 0.778. The van der Waals surface area contributed by atoms with E-state index in [1.54, 1.807) is 0 Å². The van der Waals surface area contributed by atoms with E-state index in [0.29, 0.717) is 18.9 Å². The van der Waals surface area contributed by atoms with E-state index in [9.17, 15) is 4.79 Å². The summed E-state index contributed by atoms with van der Waals surface area (Å²) in [7, 11) is 0. The van der Waals surface area contributed by atoms with Crippen molar-refractivity contribution in [1.82, 2.24) is 0 Å². The molecule has 0 aromatic rings. The standard InChI is InChI=1S/C9H17O2/c1-4-5-6-9(10)11-7-8(2)3/h5,8H,4,6-7H2,1-3H3. The van der Waals surface area contributed by atoms with Gasteiger partial charge in [-0.1, -0.05) is 27.2 Å². The molecule has 2 nitrogen and oxygen atoms in total. The molecular weight excluding hydrogens is 140 g/mol. The van der Waals surface area contributed by atoms with Crippen LogP contribution in [0.5, 0.6) is 0 Å². The Morgan fingerprint density at radius 2 is 2.18 bits per heavy atom. The fourth-order valence-electron chi connectivity index (χ4n) is 0.581. The van der Waals surface area contributed by atoms with Crippen LogP contribution in [0.25, 0.3) is 0 Å². The van der Waals surface area contributed by atoms with Gasteiger partial charge in [0.2, 0.25) is 0 Å². The third-order valence-electron chi connectivity index (χ3n) is 1.18. The molecule has 0 spiro atoms. The minimum atomic E-state index is -0.111. The molecular formula is C9H17O2. The predicted molar refractivity (Wildman–Crippen MR) is 45.0 cm³/mol. The number of hydrogen-bond acceptors (Lipinski definition) is 2. The van der Waals surface area contributed by atoms with Gasteiger partial charge < -0.3 is 4.74 Å². The molecule has 0 heterocycles. The van der Waals surface area contributed by atoms with Crippen molar-refractivity contribution in [3.05, 3.63) is 6.42 Å². The molecule has 0 aliphatic heterocycles. The van der Waals surface area contributed by atoms with E-state index in [-0.39, 0.29) is 5.97 Å². The average molecular weight is 157 g/mol. The second-order valence-corrected chi connectivity index (χ2v) is 2.98. The number of carbonyl (C=O) groups is 1. The fourth-order valence-corrected chi connectivity index (χ4v) is 0.581. The Kier molecular flexibility index (Phi) is 5.90. The van der Waals surface area contributed by atoms with E-state index in [4.69, 9.17) is 4.74 Å². The molecule has 0 aromatic carbocycles. The van der Waals surface area contributed by atoms with Crippen LogP contribution in [0.3, 0.4) is 0 Å². The Morgan fingerprint density at radius 3 is 2.64 bits per heavy atom. The molecule has 0 saturated carbocycles. The van der Waals surface area contributed by atoms with E-state index in [0.717, 1.165) is 6.42 Å². The second-order valence-electron chi connectivity index (χ2n) is 2.98. The van der Waals surface area contributed by atoms with Gasteiger partial charge in [-0.3, -0.25) is 4.79 Å². The lowest BCUT2D eigenvalue weighted by Gasteiger charge is -2.05. The molecule has 1 radical (unpaired) electrons. The van der Waals surface area contributed by atoms with Crippen molar-refractivity contribution in [3.63, 3.8) is 0 Å². The van der Waals surface area contributed by atoms with Gasteiger partial charge in [0.05, 0.1) is 6.61 Å². The highest BCUT2D eigenvalue weighted by Crippen LogP contribution is 1.98.